The number of nitrogens with zero attached hydrogens (tertiary/aromatic N) is 1. The number of likely N-dealkylation sites (N-methyl/N-ethyl adjacent to an activating group) is 1. The van der Waals surface area contributed by atoms with Crippen LogP contribution in [-0.2, 0) is 0 Å². The Kier molecular flexibility index (Phi) is 5.82. The van der Waals surface area contributed by atoms with Crippen molar-refractivity contribution in [3.63, 3.8) is 0 Å². The molecule has 0 aromatic heterocycles. The highest BCUT2D eigenvalue weighted by atomic mass is 28.3. The molecule has 3 atom stereocenters. The van der Waals surface area contributed by atoms with Crippen molar-refractivity contribution in [2.24, 2.45) is 0 Å². The van der Waals surface area contributed by atoms with Crippen LogP contribution in [0.15, 0.2) is 0 Å². The summed E-state index contributed by atoms with van der Waals surface area (Å²) in [6.07, 6.45) is -1.98. The van der Waals surface area contributed by atoms with Crippen LogP contribution in [0.3, 0.4) is 0 Å². The Balaban J connectivity index is 4.75. The molecule has 0 bridgehead atoms. The number of hydrogen-bond donors (Lipinski definition) is 3. The van der Waals surface area contributed by atoms with Gasteiger partial charge in [0.2, 0.25) is 0 Å². The monoisotopic (exact) mass is 263 g/mol. The maximum absolute atomic E-state index is 10.3. The summed E-state index contributed by atoms with van der Waals surface area (Å²) in [5, 5.41) is 30.2. The topological polar surface area (TPSA) is 63.9 Å². The fourth-order valence-electron chi connectivity index (χ4n) is 1.56. The largest absolute Gasteiger partial charge is 0.394 e. The molecular formula is C12H29NO3Si. The van der Waals surface area contributed by atoms with Gasteiger partial charge >= 0.3 is 0 Å². The van der Waals surface area contributed by atoms with Crippen molar-refractivity contribution >= 4 is 8.07 Å². The summed E-state index contributed by atoms with van der Waals surface area (Å²) >= 11 is 0. The van der Waals surface area contributed by atoms with E-state index in [1.165, 1.54) is 0 Å². The molecular weight excluding hydrogens is 234 g/mol. The van der Waals surface area contributed by atoms with E-state index in [-0.39, 0.29) is 5.04 Å². The van der Waals surface area contributed by atoms with Crippen LogP contribution in [0, 0.1) is 0 Å². The van der Waals surface area contributed by atoms with Gasteiger partial charge in [-0.1, -0.05) is 33.9 Å². The van der Waals surface area contributed by atoms with Gasteiger partial charge in [0, 0.05) is 6.54 Å². The first-order chi connectivity index (χ1) is 7.41. The van der Waals surface area contributed by atoms with Gasteiger partial charge in [0.25, 0.3) is 0 Å². The fourth-order valence-corrected chi connectivity index (χ4v) is 3.53. The zero-order valence-electron chi connectivity index (χ0n) is 12.2. The van der Waals surface area contributed by atoms with Crippen molar-refractivity contribution in [3.8, 4) is 0 Å². The smallest absolute Gasteiger partial charge is 0.104 e. The molecule has 0 aliphatic carbocycles. The van der Waals surface area contributed by atoms with Crippen LogP contribution in [0.1, 0.15) is 20.8 Å². The molecule has 0 heterocycles. The van der Waals surface area contributed by atoms with E-state index in [4.69, 9.17) is 0 Å². The van der Waals surface area contributed by atoms with E-state index in [1.54, 1.807) is 4.90 Å². The van der Waals surface area contributed by atoms with Crippen LogP contribution < -0.4 is 0 Å². The van der Waals surface area contributed by atoms with E-state index in [0.717, 1.165) is 0 Å². The first-order valence-corrected chi connectivity index (χ1v) is 9.18. The van der Waals surface area contributed by atoms with Gasteiger partial charge in [-0.3, -0.25) is 0 Å². The van der Waals surface area contributed by atoms with E-state index < -0.39 is 26.0 Å². The Morgan fingerprint density at radius 1 is 1.06 bits per heavy atom. The second kappa shape index (κ2) is 5.80. The minimum absolute atomic E-state index is 0.0226. The summed E-state index contributed by atoms with van der Waals surface area (Å²) in [7, 11) is 1.60. The first-order valence-electron chi connectivity index (χ1n) is 6.10. The normalized spacial score (nSPS) is 19.2. The van der Waals surface area contributed by atoms with Crippen LogP contribution >= 0.6 is 0 Å². The third kappa shape index (κ3) is 4.33. The molecule has 5 heteroatoms. The third-order valence-corrected chi connectivity index (χ3v) is 9.63. The summed E-state index contributed by atoms with van der Waals surface area (Å²) in [5.74, 6) is 0. The highest BCUT2D eigenvalue weighted by Gasteiger charge is 2.46. The molecule has 4 nitrogen and oxygen atoms in total. The van der Waals surface area contributed by atoms with Crippen molar-refractivity contribution < 1.29 is 15.3 Å². The SMILES string of the molecule is CN(C)C[C@H](O)[C@H](O)C(O)[Si](C)(C)C(C)(C)C. The average molecular weight is 263 g/mol. The Morgan fingerprint density at radius 3 is 1.76 bits per heavy atom. The average Bonchev–Trinajstić information content (AvgIpc) is 2.12. The fraction of sp³-hybridized carbons (Fsp3) is 1.00. The van der Waals surface area contributed by atoms with E-state index >= 15 is 0 Å². The van der Waals surface area contributed by atoms with Crippen molar-refractivity contribution in [2.75, 3.05) is 20.6 Å². The molecule has 0 radical (unpaired) electrons. The molecule has 1 unspecified atom stereocenters. The molecule has 0 aliphatic rings. The summed E-state index contributed by atoms with van der Waals surface area (Å²) in [6, 6.07) is 0. The third-order valence-electron chi connectivity index (χ3n) is 3.94. The molecule has 104 valence electrons. The minimum atomic E-state index is -2.06. The van der Waals surface area contributed by atoms with Crippen LogP contribution in [0.4, 0.5) is 0 Å². The molecule has 0 rings (SSSR count). The van der Waals surface area contributed by atoms with Gasteiger partial charge in [0.15, 0.2) is 0 Å². The highest BCUT2D eigenvalue weighted by molar-refractivity contribution is 6.81. The van der Waals surface area contributed by atoms with Crippen LogP contribution in [0.5, 0.6) is 0 Å². The van der Waals surface area contributed by atoms with E-state index in [9.17, 15) is 15.3 Å². The highest BCUT2D eigenvalue weighted by Crippen LogP contribution is 2.39. The lowest BCUT2D eigenvalue weighted by Crippen LogP contribution is -2.58. The number of hydrogen-bond acceptors (Lipinski definition) is 4. The number of rotatable bonds is 5. The number of aliphatic hydroxyl groups is 3. The molecule has 0 aromatic rings. The molecule has 0 saturated heterocycles. The standard InChI is InChI=1S/C12H29NO3Si/c1-12(2,3)17(6,7)11(16)10(15)9(14)8-13(4)5/h9-11,14-16H,8H2,1-7H3/t9-,10-,11?/m0/s1. The summed E-state index contributed by atoms with van der Waals surface area (Å²) in [5.41, 5.74) is -0.822. The van der Waals surface area contributed by atoms with Crippen molar-refractivity contribution in [3.05, 3.63) is 0 Å². The summed E-state index contributed by atoms with van der Waals surface area (Å²) in [4.78, 5) is 1.80. The first kappa shape index (κ1) is 17.1. The van der Waals surface area contributed by atoms with Crippen molar-refractivity contribution in [1.82, 2.24) is 4.90 Å². The summed E-state index contributed by atoms with van der Waals surface area (Å²) < 4.78 is 0. The molecule has 0 spiro atoms. The minimum Gasteiger partial charge on any atom is -0.394 e. The van der Waals surface area contributed by atoms with Gasteiger partial charge < -0.3 is 20.2 Å². The molecule has 17 heavy (non-hydrogen) atoms. The second-order valence-electron chi connectivity index (χ2n) is 6.74. The van der Waals surface area contributed by atoms with Gasteiger partial charge in [0.05, 0.1) is 19.9 Å². The lowest BCUT2D eigenvalue weighted by Gasteiger charge is -2.43. The van der Waals surface area contributed by atoms with Crippen LogP contribution in [-0.4, -0.2) is 66.9 Å². The van der Waals surface area contributed by atoms with Crippen LogP contribution in [0.25, 0.3) is 0 Å². The second-order valence-corrected chi connectivity index (χ2v) is 12.3. The predicted molar refractivity (Wildman–Crippen MR) is 73.8 cm³/mol. The van der Waals surface area contributed by atoms with Crippen molar-refractivity contribution in [1.29, 1.82) is 0 Å². The van der Waals surface area contributed by atoms with E-state index in [0.29, 0.717) is 6.54 Å². The Hall–Kier alpha value is 0.0569. The quantitative estimate of drug-likeness (QED) is 0.638. The van der Waals surface area contributed by atoms with Crippen LogP contribution in [0.2, 0.25) is 18.1 Å². The van der Waals surface area contributed by atoms with Gasteiger partial charge in [0.1, 0.15) is 6.10 Å². The zero-order valence-corrected chi connectivity index (χ0v) is 13.2. The predicted octanol–water partition coefficient (Wildman–Crippen LogP) is 0.678. The summed E-state index contributed by atoms with van der Waals surface area (Å²) in [6.45, 7) is 10.7. The zero-order chi connectivity index (χ0) is 14.0. The molecule has 0 amide bonds. The van der Waals surface area contributed by atoms with Gasteiger partial charge in [-0.25, -0.2) is 0 Å². The molecule has 3 N–H and O–H groups in total. The maximum Gasteiger partial charge on any atom is 0.104 e. The van der Waals surface area contributed by atoms with Gasteiger partial charge in [-0.05, 0) is 19.1 Å². The lowest BCUT2D eigenvalue weighted by atomic mass is 10.2. The van der Waals surface area contributed by atoms with Gasteiger partial charge in [-0.15, -0.1) is 0 Å². The Labute approximate surface area is 106 Å². The molecule has 0 fully saturated rings. The number of aliphatic hydroxyl groups excluding tert-OH is 3. The molecule has 0 saturated carbocycles. The van der Waals surface area contributed by atoms with E-state index in [1.807, 2.05) is 27.2 Å². The molecule has 0 aromatic carbocycles. The Bertz CT molecular complexity index is 238. The van der Waals surface area contributed by atoms with Crippen molar-refractivity contribution in [2.45, 2.75) is 56.8 Å². The lowest BCUT2D eigenvalue weighted by molar-refractivity contribution is -0.0426. The van der Waals surface area contributed by atoms with E-state index in [2.05, 4.69) is 20.8 Å². The molecule has 0 aliphatic heterocycles. The van der Waals surface area contributed by atoms with Gasteiger partial charge in [-0.2, -0.15) is 0 Å². The maximum atomic E-state index is 10.3. The Morgan fingerprint density at radius 2 is 1.47 bits per heavy atom.